The fourth-order valence-electron chi connectivity index (χ4n) is 10.8. The van der Waals surface area contributed by atoms with E-state index in [1.165, 1.54) is 105 Å². The molecule has 0 aromatic heterocycles. The molecule has 0 spiro atoms. The summed E-state index contributed by atoms with van der Waals surface area (Å²) in [6, 6.07) is 22.5. The van der Waals surface area contributed by atoms with Crippen molar-refractivity contribution in [1.82, 2.24) is 0 Å². The molecule has 4 aromatic carbocycles. The summed E-state index contributed by atoms with van der Waals surface area (Å²) in [5.41, 5.74) is 27.4. The van der Waals surface area contributed by atoms with Gasteiger partial charge < -0.3 is 0 Å². The van der Waals surface area contributed by atoms with Crippen molar-refractivity contribution in [3.05, 3.63) is 126 Å². The Morgan fingerprint density at radius 2 is 0.814 bits per heavy atom. The zero-order chi connectivity index (χ0) is 41.9. The van der Waals surface area contributed by atoms with E-state index in [-0.39, 0.29) is 47.9 Å². The topological polar surface area (TPSA) is 0 Å². The minimum atomic E-state index is -1.66. The molecule has 0 aliphatic heterocycles. The van der Waals surface area contributed by atoms with E-state index in [0.717, 1.165) is 12.1 Å². The molecule has 0 N–H and O–H groups in total. The summed E-state index contributed by atoms with van der Waals surface area (Å²) < 4.78 is 0. The minimum Gasteiger partial charge on any atom is -0.172 e. The van der Waals surface area contributed by atoms with Gasteiger partial charge in [-0.05, 0) is 175 Å². The van der Waals surface area contributed by atoms with Crippen molar-refractivity contribution >= 4 is 31.3 Å². The first-order chi connectivity index (χ1) is 27.0. The van der Waals surface area contributed by atoms with Gasteiger partial charge >= 0.3 is 0 Å². The molecule has 59 heavy (non-hydrogen) atoms. The van der Waals surface area contributed by atoms with Crippen molar-refractivity contribution in [3.8, 4) is 22.3 Å². The predicted molar refractivity (Wildman–Crippen MR) is 258 cm³/mol. The summed E-state index contributed by atoms with van der Waals surface area (Å²) in [5.74, 6) is 0.830. The van der Waals surface area contributed by atoms with Gasteiger partial charge in [0.05, 0.1) is 0 Å². The molecule has 2 atom stereocenters. The largest absolute Gasteiger partial charge is 0.172 e. The third kappa shape index (κ3) is 8.49. The van der Waals surface area contributed by atoms with Crippen LogP contribution in [0.5, 0.6) is 0 Å². The Bertz CT molecular complexity index is 2150. The van der Waals surface area contributed by atoms with Crippen molar-refractivity contribution in [2.24, 2.45) is 0 Å². The zero-order valence-corrected chi connectivity index (χ0v) is 43.4. The number of benzene rings is 4. The van der Waals surface area contributed by atoms with E-state index in [4.69, 9.17) is 11.1 Å². The standard InChI is InChI=1S/C56H71ClSi.Zr/c1-33-21-47-45(27-35-17-15-19-43(35)51(47)37-23-39(53(3,4)5)29-40(24-37)54(6,7)8)49(33)31-58(57)32-50-34(2)22-48-46(50)28-36-18-16-20-44(36)52(48)38-25-41(55(9,10)11)30-42(26-38)56(12,13)14;/h21-30,49-50,58H,15-20,31-32H2,1-14H3;. The fourth-order valence-corrected chi connectivity index (χ4v) is 14.3. The summed E-state index contributed by atoms with van der Waals surface area (Å²) in [6.07, 6.45) is 12.4. The van der Waals surface area contributed by atoms with Crippen LogP contribution in [0.3, 0.4) is 0 Å². The number of rotatable bonds is 6. The van der Waals surface area contributed by atoms with Gasteiger partial charge in [0.1, 0.15) is 8.11 Å². The Labute approximate surface area is 384 Å². The van der Waals surface area contributed by atoms with Gasteiger partial charge in [-0.3, -0.25) is 0 Å². The summed E-state index contributed by atoms with van der Waals surface area (Å²) in [4.78, 5) is 0. The molecular weight excluding hydrogens is 827 g/mol. The number of hydrogen-bond acceptors (Lipinski definition) is 0. The van der Waals surface area contributed by atoms with Crippen LogP contribution in [0.2, 0.25) is 12.1 Å². The summed E-state index contributed by atoms with van der Waals surface area (Å²) in [7, 11) is -1.66. The van der Waals surface area contributed by atoms with E-state index in [1.54, 1.807) is 33.4 Å². The second-order valence-electron chi connectivity index (χ2n) is 23.0. The maximum atomic E-state index is 7.82. The predicted octanol–water partition coefficient (Wildman–Crippen LogP) is 15.8. The number of halogens is 1. The quantitative estimate of drug-likeness (QED) is 0.134. The third-order valence-corrected chi connectivity index (χ3v) is 17.5. The molecule has 0 radical (unpaired) electrons. The Hall–Kier alpha value is -2.25. The van der Waals surface area contributed by atoms with E-state index in [0.29, 0.717) is 11.8 Å². The van der Waals surface area contributed by atoms with Gasteiger partial charge in [-0.2, -0.15) is 11.1 Å². The average Bonchev–Trinajstić information content (AvgIpc) is 3.91. The molecule has 4 aliphatic carbocycles. The second-order valence-corrected chi connectivity index (χ2v) is 27.0. The third-order valence-electron chi connectivity index (χ3n) is 14.4. The Morgan fingerprint density at radius 1 is 0.492 bits per heavy atom. The summed E-state index contributed by atoms with van der Waals surface area (Å²) in [6.45, 7) is 33.2. The first kappa shape index (κ1) is 44.8. The van der Waals surface area contributed by atoms with E-state index in [9.17, 15) is 0 Å². The molecule has 8 rings (SSSR count). The smallest absolute Gasteiger partial charge is 0.142 e. The van der Waals surface area contributed by atoms with Crippen LogP contribution in [-0.4, -0.2) is 8.11 Å². The van der Waals surface area contributed by atoms with Gasteiger partial charge in [0.15, 0.2) is 0 Å². The van der Waals surface area contributed by atoms with Crippen LogP contribution in [0, 0.1) is 0 Å². The van der Waals surface area contributed by atoms with Crippen molar-refractivity contribution < 1.29 is 26.2 Å². The molecule has 310 valence electrons. The Balaban J connectivity index is 0.00000528. The molecule has 0 bridgehead atoms. The van der Waals surface area contributed by atoms with Crippen LogP contribution >= 0.6 is 11.1 Å². The van der Waals surface area contributed by atoms with Crippen LogP contribution in [0.4, 0.5) is 0 Å². The maximum absolute atomic E-state index is 7.82. The first-order valence-corrected chi connectivity index (χ1v) is 26.1. The molecular formula is C56H71ClSiZr. The van der Waals surface area contributed by atoms with Gasteiger partial charge in [-0.15, -0.1) is 0 Å². The Morgan fingerprint density at radius 3 is 1.12 bits per heavy atom. The van der Waals surface area contributed by atoms with E-state index < -0.39 is 8.11 Å². The number of aryl methyl sites for hydroxylation is 2. The first-order valence-electron chi connectivity index (χ1n) is 22.7. The van der Waals surface area contributed by atoms with Crippen LogP contribution < -0.4 is 0 Å². The van der Waals surface area contributed by atoms with E-state index in [1.807, 2.05) is 0 Å². The summed E-state index contributed by atoms with van der Waals surface area (Å²) >= 11 is 7.82. The molecule has 0 saturated heterocycles. The van der Waals surface area contributed by atoms with Gasteiger partial charge in [0, 0.05) is 38.0 Å². The van der Waals surface area contributed by atoms with Crippen LogP contribution in [-0.2, 0) is 73.5 Å². The molecule has 0 fully saturated rings. The molecule has 4 aromatic rings. The molecule has 2 unspecified atom stereocenters. The van der Waals surface area contributed by atoms with Crippen molar-refractivity contribution in [2.45, 2.75) is 181 Å². The zero-order valence-electron chi connectivity index (χ0n) is 39.0. The molecule has 0 nitrogen and oxygen atoms in total. The van der Waals surface area contributed by atoms with Gasteiger partial charge in [-0.1, -0.05) is 155 Å². The molecule has 0 saturated carbocycles. The number of fused-ring (bicyclic) bond motifs is 4. The van der Waals surface area contributed by atoms with Crippen molar-refractivity contribution in [3.63, 3.8) is 0 Å². The van der Waals surface area contributed by atoms with Gasteiger partial charge in [0.25, 0.3) is 0 Å². The van der Waals surface area contributed by atoms with Crippen LogP contribution in [0.1, 0.15) is 188 Å². The van der Waals surface area contributed by atoms with E-state index in [2.05, 4.69) is 158 Å². The SMILES string of the molecule is CC1=Cc2c(cc3c(c2-c2cc(C(C)(C)C)cc(C(C)(C)C)c2)CCC3)C1C[SiH](Cl)CC1C(C)=Cc2c1cc1c(c2-c2cc(C(C)(C)C)cc(C(C)(C)C)c2)CCC1.[Zr]. The molecule has 3 heteroatoms. The fraction of sp³-hybridized carbons (Fsp3) is 0.500. The summed E-state index contributed by atoms with van der Waals surface area (Å²) in [5, 5.41) is 0. The van der Waals surface area contributed by atoms with Gasteiger partial charge in [0.2, 0.25) is 0 Å². The maximum Gasteiger partial charge on any atom is 0.142 e. The van der Waals surface area contributed by atoms with E-state index >= 15 is 0 Å². The molecule has 0 amide bonds. The van der Waals surface area contributed by atoms with Crippen molar-refractivity contribution in [2.75, 3.05) is 0 Å². The van der Waals surface area contributed by atoms with Crippen LogP contribution in [0.15, 0.2) is 59.7 Å². The Kier molecular flexibility index (Phi) is 12.0. The minimum absolute atomic E-state index is 0. The van der Waals surface area contributed by atoms with Crippen LogP contribution in [0.25, 0.3) is 34.4 Å². The normalized spacial score (nSPS) is 19.2. The number of hydrogen-bond donors (Lipinski definition) is 0. The van der Waals surface area contributed by atoms with Crippen molar-refractivity contribution in [1.29, 1.82) is 0 Å². The van der Waals surface area contributed by atoms with Gasteiger partial charge in [-0.25, -0.2) is 0 Å². The average molecular weight is 899 g/mol. The second kappa shape index (κ2) is 15.8. The number of allylic oxidation sites excluding steroid dienone is 2. The molecule has 0 heterocycles. The monoisotopic (exact) mass is 896 g/mol. The molecule has 4 aliphatic rings.